The number of carboxylic acids is 1. The minimum Gasteiger partial charge on any atom is -0.481 e. The molecule has 0 atom stereocenters. The number of benzene rings is 1. The van der Waals surface area contributed by atoms with E-state index in [0.717, 1.165) is 11.3 Å². The molecule has 1 aromatic carbocycles. The predicted molar refractivity (Wildman–Crippen MR) is 112 cm³/mol. The zero-order valence-electron chi connectivity index (χ0n) is 15.8. The zero-order chi connectivity index (χ0) is 20.2. The number of halogens is 1. The number of aromatic nitrogens is 7. The topological polar surface area (TPSA) is 150 Å². The number of aryl methyl sites for hydroxylation is 1. The molecule has 0 aliphatic carbocycles. The molecule has 3 aromatic heterocycles. The van der Waals surface area contributed by atoms with E-state index in [4.69, 9.17) is 10.8 Å². The van der Waals surface area contributed by atoms with Gasteiger partial charge in [-0.1, -0.05) is 17.3 Å². The van der Waals surface area contributed by atoms with Crippen molar-refractivity contribution in [2.45, 2.75) is 25.9 Å². The third-order valence-electron chi connectivity index (χ3n) is 4.28. The lowest BCUT2D eigenvalue weighted by atomic mass is 10.2. The first-order chi connectivity index (χ1) is 14.1. The second-order valence-electron chi connectivity index (χ2n) is 6.39. The molecule has 0 aliphatic rings. The lowest BCUT2D eigenvalue weighted by Crippen LogP contribution is -2.03. The van der Waals surface area contributed by atoms with Crippen LogP contribution in [0.4, 0.5) is 11.6 Å². The van der Waals surface area contributed by atoms with E-state index in [0.29, 0.717) is 42.3 Å². The van der Waals surface area contributed by atoms with Gasteiger partial charge in [0, 0.05) is 25.7 Å². The summed E-state index contributed by atoms with van der Waals surface area (Å²) in [6.45, 7) is 0.988. The first-order valence-electron chi connectivity index (χ1n) is 9.01. The van der Waals surface area contributed by atoms with Crippen LogP contribution in [0.5, 0.6) is 0 Å². The van der Waals surface area contributed by atoms with Crippen molar-refractivity contribution in [1.29, 1.82) is 0 Å². The van der Waals surface area contributed by atoms with E-state index in [9.17, 15) is 4.79 Å². The fraction of sp³-hybridized carbons (Fsp3) is 0.222. The summed E-state index contributed by atoms with van der Waals surface area (Å²) in [7, 11) is 0. The minimum atomic E-state index is -0.819. The molecule has 0 unspecified atom stereocenters. The van der Waals surface area contributed by atoms with Crippen LogP contribution in [0, 0.1) is 0 Å². The van der Waals surface area contributed by atoms with Crippen LogP contribution >= 0.6 is 12.4 Å². The number of rotatable bonds is 8. The second-order valence-corrected chi connectivity index (χ2v) is 6.39. The smallest absolute Gasteiger partial charge is 0.303 e. The fourth-order valence-corrected chi connectivity index (χ4v) is 2.81. The SMILES string of the molecule is Cl.NCc1ccc(-n2nnc3cnc(Nc4cnn(CCCC(=O)O)c4)nc32)cc1. The number of nitrogens with one attached hydrogen (secondary N) is 1. The first-order valence-corrected chi connectivity index (χ1v) is 9.01. The third kappa shape index (κ3) is 4.70. The van der Waals surface area contributed by atoms with Gasteiger partial charge in [0.1, 0.15) is 0 Å². The Morgan fingerprint density at radius 2 is 2.00 bits per heavy atom. The summed E-state index contributed by atoms with van der Waals surface area (Å²) in [5.74, 6) is -0.440. The van der Waals surface area contributed by atoms with E-state index in [1.165, 1.54) is 0 Å². The number of carbonyl (C=O) groups is 1. The molecule has 12 heteroatoms. The quantitative estimate of drug-likeness (QED) is 0.381. The molecule has 156 valence electrons. The van der Waals surface area contributed by atoms with Gasteiger partial charge in [-0.15, -0.1) is 17.5 Å². The van der Waals surface area contributed by atoms with Crippen molar-refractivity contribution < 1.29 is 9.90 Å². The number of aliphatic carboxylic acids is 1. The largest absolute Gasteiger partial charge is 0.481 e. The summed E-state index contributed by atoms with van der Waals surface area (Å²) in [6.07, 6.45) is 5.62. The summed E-state index contributed by atoms with van der Waals surface area (Å²) < 4.78 is 3.31. The van der Waals surface area contributed by atoms with Crippen LogP contribution in [-0.4, -0.2) is 45.8 Å². The zero-order valence-corrected chi connectivity index (χ0v) is 16.7. The van der Waals surface area contributed by atoms with Gasteiger partial charge in [0.15, 0.2) is 11.2 Å². The molecule has 0 saturated heterocycles. The van der Waals surface area contributed by atoms with Gasteiger partial charge in [-0.25, -0.2) is 4.98 Å². The van der Waals surface area contributed by atoms with E-state index in [2.05, 4.69) is 30.7 Å². The van der Waals surface area contributed by atoms with E-state index in [-0.39, 0.29) is 18.8 Å². The Balaban J connectivity index is 0.00000256. The van der Waals surface area contributed by atoms with E-state index >= 15 is 0 Å². The van der Waals surface area contributed by atoms with Crippen LogP contribution in [0.1, 0.15) is 18.4 Å². The minimum absolute atomic E-state index is 0. The molecule has 4 rings (SSSR count). The highest BCUT2D eigenvalue weighted by molar-refractivity contribution is 5.85. The number of fused-ring (bicyclic) bond motifs is 1. The standard InChI is InChI=1S/C18H19N9O2.ClH/c19-8-12-3-5-14(6-4-12)27-17-15(24-25-27)10-20-18(23-17)22-13-9-21-26(11-13)7-1-2-16(28)29;/h3-6,9-11H,1-2,7-8,19H2,(H,28,29)(H,20,22,23);1H. The van der Waals surface area contributed by atoms with Gasteiger partial charge in [-0.05, 0) is 24.1 Å². The van der Waals surface area contributed by atoms with Gasteiger partial charge in [0.05, 0.1) is 23.8 Å². The maximum Gasteiger partial charge on any atom is 0.303 e. The first kappa shape index (κ1) is 21.1. The molecule has 0 spiro atoms. The Hall–Kier alpha value is -3.57. The molecule has 0 saturated carbocycles. The molecule has 0 aliphatic heterocycles. The highest BCUT2D eigenvalue weighted by Crippen LogP contribution is 2.18. The van der Waals surface area contributed by atoms with Crippen LogP contribution in [0.25, 0.3) is 16.9 Å². The molecule has 4 aromatic rings. The van der Waals surface area contributed by atoms with Crippen LogP contribution in [0.3, 0.4) is 0 Å². The van der Waals surface area contributed by atoms with Crippen molar-refractivity contribution in [3.8, 4) is 5.69 Å². The number of hydrogen-bond donors (Lipinski definition) is 3. The van der Waals surface area contributed by atoms with Crippen LogP contribution < -0.4 is 11.1 Å². The van der Waals surface area contributed by atoms with Crippen molar-refractivity contribution in [2.24, 2.45) is 5.73 Å². The van der Waals surface area contributed by atoms with Crippen molar-refractivity contribution in [3.05, 3.63) is 48.4 Å². The summed E-state index contributed by atoms with van der Waals surface area (Å²) in [6, 6.07) is 7.68. The molecule has 0 amide bonds. The normalized spacial score (nSPS) is 10.7. The van der Waals surface area contributed by atoms with Crippen LogP contribution in [0.15, 0.2) is 42.9 Å². The third-order valence-corrected chi connectivity index (χ3v) is 4.28. The van der Waals surface area contributed by atoms with Crippen molar-refractivity contribution in [3.63, 3.8) is 0 Å². The molecule has 0 fully saturated rings. The summed E-state index contributed by atoms with van der Waals surface area (Å²) in [5.41, 5.74) is 9.33. The molecular formula is C18H20ClN9O2. The van der Waals surface area contributed by atoms with Crippen molar-refractivity contribution >= 4 is 41.2 Å². The Morgan fingerprint density at radius 3 is 2.73 bits per heavy atom. The monoisotopic (exact) mass is 429 g/mol. The number of carboxylic acid groups (broad SMARTS) is 1. The molecule has 11 nitrogen and oxygen atoms in total. The number of anilines is 2. The molecule has 30 heavy (non-hydrogen) atoms. The molecule has 3 heterocycles. The van der Waals surface area contributed by atoms with E-state index in [1.807, 2.05) is 24.3 Å². The van der Waals surface area contributed by atoms with Gasteiger partial charge in [-0.2, -0.15) is 14.8 Å². The Morgan fingerprint density at radius 1 is 1.20 bits per heavy atom. The van der Waals surface area contributed by atoms with Gasteiger partial charge in [-0.3, -0.25) is 9.48 Å². The van der Waals surface area contributed by atoms with Gasteiger partial charge >= 0.3 is 5.97 Å². The Bertz CT molecular complexity index is 1140. The maximum atomic E-state index is 10.6. The summed E-state index contributed by atoms with van der Waals surface area (Å²) in [4.78, 5) is 19.4. The average Bonchev–Trinajstić information content (AvgIpc) is 3.34. The van der Waals surface area contributed by atoms with E-state index < -0.39 is 5.97 Å². The molecular weight excluding hydrogens is 410 g/mol. The lowest BCUT2D eigenvalue weighted by Gasteiger charge is -2.04. The van der Waals surface area contributed by atoms with Gasteiger partial charge in [0.25, 0.3) is 0 Å². The van der Waals surface area contributed by atoms with Gasteiger partial charge < -0.3 is 16.2 Å². The average molecular weight is 430 g/mol. The number of hydrogen-bond acceptors (Lipinski definition) is 8. The Kier molecular flexibility index (Phi) is 6.54. The molecule has 0 bridgehead atoms. The summed E-state index contributed by atoms with van der Waals surface area (Å²) >= 11 is 0. The maximum absolute atomic E-state index is 10.6. The highest BCUT2D eigenvalue weighted by atomic mass is 35.5. The van der Waals surface area contributed by atoms with Crippen molar-refractivity contribution in [1.82, 2.24) is 34.7 Å². The lowest BCUT2D eigenvalue weighted by molar-refractivity contribution is -0.137. The molecule has 0 radical (unpaired) electrons. The highest BCUT2D eigenvalue weighted by Gasteiger charge is 2.11. The summed E-state index contributed by atoms with van der Waals surface area (Å²) in [5, 5.41) is 24.3. The molecule has 4 N–H and O–H groups in total. The van der Waals surface area contributed by atoms with Gasteiger partial charge in [0.2, 0.25) is 5.95 Å². The van der Waals surface area contributed by atoms with Crippen molar-refractivity contribution in [2.75, 3.05) is 5.32 Å². The Labute approximate surface area is 177 Å². The fourth-order valence-electron chi connectivity index (χ4n) is 2.81. The van der Waals surface area contributed by atoms with E-state index in [1.54, 1.807) is 28.0 Å². The second kappa shape index (κ2) is 9.29. The van der Waals surface area contributed by atoms with Crippen LogP contribution in [0.2, 0.25) is 0 Å². The predicted octanol–water partition coefficient (Wildman–Crippen LogP) is 1.90. The number of nitrogens with zero attached hydrogens (tertiary/aromatic N) is 7. The number of nitrogens with two attached hydrogens (primary N) is 1. The van der Waals surface area contributed by atoms with Crippen LogP contribution in [-0.2, 0) is 17.9 Å².